The fourth-order valence-corrected chi connectivity index (χ4v) is 2.49. The van der Waals surface area contributed by atoms with E-state index in [-0.39, 0.29) is 12.7 Å². The minimum Gasteiger partial charge on any atom is -0.461 e. The summed E-state index contributed by atoms with van der Waals surface area (Å²) in [6.45, 7) is 2.09. The zero-order valence-electron chi connectivity index (χ0n) is 11.9. The van der Waals surface area contributed by atoms with Gasteiger partial charge in [-0.05, 0) is 49.4 Å². The standard InChI is InChI=1S/C17H13NO4/c1-10-6-12-7-13(3-5-14(12)22-10)18-17(19)11-2-4-15-16(8-11)21-9-20-15/h2-8H,9H2,1H3,(H,18,19). The van der Waals surface area contributed by atoms with E-state index in [0.29, 0.717) is 17.1 Å². The van der Waals surface area contributed by atoms with Crippen molar-refractivity contribution < 1.29 is 18.7 Å². The summed E-state index contributed by atoms with van der Waals surface area (Å²) >= 11 is 0. The van der Waals surface area contributed by atoms with Gasteiger partial charge in [-0.3, -0.25) is 4.79 Å². The molecule has 0 saturated heterocycles. The Morgan fingerprint density at radius 3 is 2.82 bits per heavy atom. The Balaban J connectivity index is 1.59. The summed E-state index contributed by atoms with van der Waals surface area (Å²) in [6.07, 6.45) is 0. The minimum atomic E-state index is -0.196. The number of benzene rings is 2. The molecule has 1 aliphatic heterocycles. The van der Waals surface area contributed by atoms with Crippen LogP contribution in [-0.2, 0) is 0 Å². The zero-order chi connectivity index (χ0) is 15.1. The first-order chi connectivity index (χ1) is 10.7. The number of ether oxygens (including phenoxy) is 2. The van der Waals surface area contributed by atoms with Gasteiger partial charge in [0.2, 0.25) is 6.79 Å². The van der Waals surface area contributed by atoms with Gasteiger partial charge >= 0.3 is 0 Å². The number of hydrogen-bond acceptors (Lipinski definition) is 4. The molecule has 3 aromatic rings. The van der Waals surface area contributed by atoms with Gasteiger partial charge in [0.15, 0.2) is 11.5 Å². The first kappa shape index (κ1) is 12.8. The van der Waals surface area contributed by atoms with Crippen molar-refractivity contribution in [2.45, 2.75) is 6.92 Å². The molecule has 1 N–H and O–H groups in total. The van der Waals surface area contributed by atoms with Gasteiger partial charge < -0.3 is 19.2 Å². The zero-order valence-corrected chi connectivity index (χ0v) is 11.9. The molecule has 0 bridgehead atoms. The molecule has 5 heteroatoms. The van der Waals surface area contributed by atoms with Crippen LogP contribution in [0.4, 0.5) is 5.69 Å². The average Bonchev–Trinajstić information content (AvgIpc) is 3.10. The maximum absolute atomic E-state index is 12.3. The summed E-state index contributed by atoms with van der Waals surface area (Å²) in [5, 5.41) is 3.83. The number of aryl methyl sites for hydroxylation is 1. The summed E-state index contributed by atoms with van der Waals surface area (Å²) in [5.74, 6) is 1.90. The number of rotatable bonds is 2. The summed E-state index contributed by atoms with van der Waals surface area (Å²) in [6, 6.07) is 12.6. The van der Waals surface area contributed by atoms with Gasteiger partial charge in [-0.2, -0.15) is 0 Å². The molecule has 0 saturated carbocycles. The Bertz CT molecular complexity index is 881. The molecule has 2 heterocycles. The van der Waals surface area contributed by atoms with Crippen molar-refractivity contribution in [3.63, 3.8) is 0 Å². The third-order valence-corrected chi connectivity index (χ3v) is 3.53. The largest absolute Gasteiger partial charge is 0.461 e. The van der Waals surface area contributed by atoms with Gasteiger partial charge in [0.1, 0.15) is 11.3 Å². The fourth-order valence-electron chi connectivity index (χ4n) is 2.49. The minimum absolute atomic E-state index is 0.191. The maximum atomic E-state index is 12.3. The summed E-state index contributed by atoms with van der Waals surface area (Å²) in [7, 11) is 0. The highest BCUT2D eigenvalue weighted by atomic mass is 16.7. The number of anilines is 1. The molecule has 0 unspecified atom stereocenters. The van der Waals surface area contributed by atoms with Gasteiger partial charge in [-0.15, -0.1) is 0 Å². The fraction of sp³-hybridized carbons (Fsp3) is 0.118. The molecule has 22 heavy (non-hydrogen) atoms. The molecule has 110 valence electrons. The van der Waals surface area contributed by atoms with Crippen LogP contribution in [0.15, 0.2) is 46.9 Å². The third kappa shape index (κ3) is 2.16. The highest BCUT2D eigenvalue weighted by Crippen LogP contribution is 2.32. The van der Waals surface area contributed by atoms with Gasteiger partial charge in [-0.1, -0.05) is 0 Å². The van der Waals surface area contributed by atoms with Crippen LogP contribution in [0.1, 0.15) is 16.1 Å². The van der Waals surface area contributed by atoms with E-state index in [2.05, 4.69) is 5.32 Å². The van der Waals surface area contributed by atoms with Crippen LogP contribution >= 0.6 is 0 Å². The van der Waals surface area contributed by atoms with E-state index in [1.54, 1.807) is 18.2 Å². The SMILES string of the molecule is Cc1cc2cc(NC(=O)c3ccc4c(c3)OCO4)ccc2o1. The molecule has 5 nitrogen and oxygen atoms in total. The first-order valence-electron chi connectivity index (χ1n) is 6.90. The molecular formula is C17H13NO4. The molecule has 1 aliphatic rings. The monoisotopic (exact) mass is 295 g/mol. The van der Waals surface area contributed by atoms with Crippen LogP contribution in [0.5, 0.6) is 11.5 Å². The lowest BCUT2D eigenvalue weighted by Crippen LogP contribution is -2.11. The lowest BCUT2D eigenvalue weighted by Gasteiger charge is -2.06. The van der Waals surface area contributed by atoms with Crippen molar-refractivity contribution in [2.75, 3.05) is 12.1 Å². The van der Waals surface area contributed by atoms with Gasteiger partial charge in [0.25, 0.3) is 5.91 Å². The molecular weight excluding hydrogens is 282 g/mol. The van der Waals surface area contributed by atoms with E-state index in [1.807, 2.05) is 31.2 Å². The Hall–Kier alpha value is -2.95. The van der Waals surface area contributed by atoms with E-state index in [4.69, 9.17) is 13.9 Å². The predicted molar refractivity (Wildman–Crippen MR) is 81.5 cm³/mol. The number of furan rings is 1. The Labute approximate surface area is 126 Å². The van der Waals surface area contributed by atoms with Crippen LogP contribution in [0.2, 0.25) is 0 Å². The normalized spacial score (nSPS) is 12.6. The predicted octanol–water partition coefficient (Wildman–Crippen LogP) is 3.72. The van der Waals surface area contributed by atoms with Crippen molar-refractivity contribution in [2.24, 2.45) is 0 Å². The maximum Gasteiger partial charge on any atom is 0.255 e. The second-order valence-corrected chi connectivity index (χ2v) is 5.13. The van der Waals surface area contributed by atoms with Crippen LogP contribution in [0.3, 0.4) is 0 Å². The Morgan fingerprint density at radius 1 is 1.05 bits per heavy atom. The highest BCUT2D eigenvalue weighted by Gasteiger charge is 2.16. The number of nitrogens with one attached hydrogen (secondary N) is 1. The van der Waals surface area contributed by atoms with E-state index >= 15 is 0 Å². The first-order valence-corrected chi connectivity index (χ1v) is 6.90. The van der Waals surface area contributed by atoms with Crippen molar-refractivity contribution in [1.29, 1.82) is 0 Å². The van der Waals surface area contributed by atoms with Crippen LogP contribution in [-0.4, -0.2) is 12.7 Å². The van der Waals surface area contributed by atoms with Crippen molar-refractivity contribution >= 4 is 22.6 Å². The van der Waals surface area contributed by atoms with Crippen LogP contribution < -0.4 is 14.8 Å². The quantitative estimate of drug-likeness (QED) is 0.782. The number of amides is 1. The molecule has 1 amide bonds. The summed E-state index contributed by atoms with van der Waals surface area (Å²) < 4.78 is 16.0. The molecule has 4 rings (SSSR count). The number of carbonyl (C=O) groups excluding carboxylic acids is 1. The molecule has 0 atom stereocenters. The van der Waals surface area contributed by atoms with Gasteiger partial charge in [0, 0.05) is 16.6 Å². The highest BCUT2D eigenvalue weighted by molar-refractivity contribution is 6.05. The molecule has 1 aromatic heterocycles. The van der Waals surface area contributed by atoms with Crippen LogP contribution in [0.25, 0.3) is 11.0 Å². The number of carbonyl (C=O) groups is 1. The molecule has 0 aliphatic carbocycles. The van der Waals surface area contributed by atoms with Gasteiger partial charge in [0.05, 0.1) is 0 Å². The summed E-state index contributed by atoms with van der Waals surface area (Å²) in [5.41, 5.74) is 2.04. The molecule has 0 radical (unpaired) electrons. The lowest BCUT2D eigenvalue weighted by atomic mass is 10.1. The molecule has 0 spiro atoms. The lowest BCUT2D eigenvalue weighted by molar-refractivity contribution is 0.102. The van der Waals surface area contributed by atoms with E-state index in [9.17, 15) is 4.79 Å². The number of fused-ring (bicyclic) bond motifs is 2. The third-order valence-electron chi connectivity index (χ3n) is 3.53. The van der Waals surface area contributed by atoms with Crippen molar-refractivity contribution in [3.8, 4) is 11.5 Å². The second kappa shape index (κ2) is 4.80. The van der Waals surface area contributed by atoms with Crippen molar-refractivity contribution in [3.05, 3.63) is 53.8 Å². The van der Waals surface area contributed by atoms with Gasteiger partial charge in [-0.25, -0.2) is 0 Å². The Morgan fingerprint density at radius 2 is 1.91 bits per heavy atom. The van der Waals surface area contributed by atoms with E-state index < -0.39 is 0 Å². The average molecular weight is 295 g/mol. The number of hydrogen-bond donors (Lipinski definition) is 1. The van der Waals surface area contributed by atoms with Crippen molar-refractivity contribution in [1.82, 2.24) is 0 Å². The molecule has 0 fully saturated rings. The second-order valence-electron chi connectivity index (χ2n) is 5.13. The molecule has 2 aromatic carbocycles. The van der Waals surface area contributed by atoms with E-state index in [0.717, 1.165) is 22.4 Å². The Kier molecular flexibility index (Phi) is 2.79. The smallest absolute Gasteiger partial charge is 0.255 e. The van der Waals surface area contributed by atoms with Crippen LogP contribution in [0, 0.1) is 6.92 Å². The topological polar surface area (TPSA) is 60.7 Å². The summed E-state index contributed by atoms with van der Waals surface area (Å²) in [4.78, 5) is 12.3. The van der Waals surface area contributed by atoms with E-state index in [1.165, 1.54) is 0 Å².